The summed E-state index contributed by atoms with van der Waals surface area (Å²) in [5, 5.41) is 4.21. The van der Waals surface area contributed by atoms with Gasteiger partial charge in [0.05, 0.1) is 11.1 Å². The maximum atomic E-state index is 12.9. The van der Waals surface area contributed by atoms with Gasteiger partial charge < -0.3 is 10.1 Å². The summed E-state index contributed by atoms with van der Waals surface area (Å²) in [7, 11) is 1.72. The minimum atomic E-state index is -0.152. The van der Waals surface area contributed by atoms with Crippen LogP contribution in [0.3, 0.4) is 0 Å². The van der Waals surface area contributed by atoms with Crippen LogP contribution in [-0.2, 0) is 31.3 Å². The van der Waals surface area contributed by atoms with E-state index in [1.165, 1.54) is 22.2 Å². The number of thiophene rings is 1. The third kappa shape index (κ3) is 4.67. The first-order valence-corrected chi connectivity index (χ1v) is 12.6. The quantitative estimate of drug-likeness (QED) is 0.306. The van der Waals surface area contributed by atoms with E-state index >= 15 is 0 Å². The van der Waals surface area contributed by atoms with Crippen molar-refractivity contribution in [1.29, 1.82) is 0 Å². The average Bonchev–Trinajstić information content (AvgIpc) is 3.42. The van der Waals surface area contributed by atoms with Gasteiger partial charge in [0.2, 0.25) is 5.91 Å². The normalized spacial score (nSPS) is 12.6. The van der Waals surface area contributed by atoms with Crippen LogP contribution in [0.5, 0.6) is 5.75 Å². The molecule has 5 rings (SSSR count). The molecule has 6 nitrogen and oxygen atoms in total. The third-order valence-corrected chi connectivity index (χ3v) is 7.84. The number of ether oxygens (including phenoxy) is 1. The summed E-state index contributed by atoms with van der Waals surface area (Å²) in [5.41, 5.74) is 2.95. The van der Waals surface area contributed by atoms with Crippen molar-refractivity contribution in [2.75, 3.05) is 11.1 Å². The number of carbonyl (C=O) groups excluding carboxylic acids is 1. The molecule has 0 radical (unpaired) electrons. The highest BCUT2D eigenvalue weighted by molar-refractivity contribution is 7.99. The summed E-state index contributed by atoms with van der Waals surface area (Å²) < 4.78 is 7.34. The van der Waals surface area contributed by atoms with E-state index in [9.17, 15) is 9.59 Å². The van der Waals surface area contributed by atoms with Crippen molar-refractivity contribution in [2.45, 2.75) is 31.0 Å². The molecule has 2 heterocycles. The van der Waals surface area contributed by atoms with E-state index in [2.05, 4.69) is 10.3 Å². The minimum Gasteiger partial charge on any atom is -0.489 e. The number of aryl methyl sites for hydroxylation is 2. The molecule has 1 N–H and O–H groups in total. The molecule has 2 aromatic heterocycles. The lowest BCUT2D eigenvalue weighted by Gasteiger charge is -2.09. The monoisotopic (exact) mass is 477 g/mol. The number of hydrogen-bond donors (Lipinski definition) is 1. The summed E-state index contributed by atoms with van der Waals surface area (Å²) in [5.74, 6) is 0.755. The van der Waals surface area contributed by atoms with E-state index in [1.54, 1.807) is 23.0 Å². The molecule has 33 heavy (non-hydrogen) atoms. The number of benzene rings is 2. The number of thioether (sulfide) groups is 1. The number of anilines is 1. The van der Waals surface area contributed by atoms with Crippen LogP contribution in [0.1, 0.15) is 22.4 Å². The molecule has 0 bridgehead atoms. The van der Waals surface area contributed by atoms with E-state index in [1.807, 2.05) is 54.6 Å². The first-order valence-electron chi connectivity index (χ1n) is 10.8. The van der Waals surface area contributed by atoms with Crippen LogP contribution in [0.15, 0.2) is 64.5 Å². The zero-order valence-electron chi connectivity index (χ0n) is 18.2. The van der Waals surface area contributed by atoms with Crippen LogP contribution in [0.25, 0.3) is 10.2 Å². The Balaban J connectivity index is 1.19. The summed E-state index contributed by atoms with van der Waals surface area (Å²) in [6.45, 7) is 0.493. The number of nitrogens with one attached hydrogen (secondary N) is 1. The van der Waals surface area contributed by atoms with Gasteiger partial charge in [-0.3, -0.25) is 14.2 Å². The molecule has 0 atom stereocenters. The fourth-order valence-electron chi connectivity index (χ4n) is 3.94. The molecule has 0 spiro atoms. The SMILES string of the molecule is Cn1c(SCC(=O)Nc2ccc(OCc3ccccc3)cc2)nc2sc3c(c2c1=O)CCC3. The summed E-state index contributed by atoms with van der Waals surface area (Å²) in [4.78, 5) is 32.1. The lowest BCUT2D eigenvalue weighted by Crippen LogP contribution is -2.21. The fourth-order valence-corrected chi connectivity index (χ4v) is 6.01. The Morgan fingerprint density at radius 3 is 2.73 bits per heavy atom. The topological polar surface area (TPSA) is 73.2 Å². The van der Waals surface area contributed by atoms with E-state index < -0.39 is 0 Å². The van der Waals surface area contributed by atoms with Crippen molar-refractivity contribution >= 4 is 44.9 Å². The molecule has 4 aromatic rings. The van der Waals surface area contributed by atoms with E-state index in [-0.39, 0.29) is 17.2 Å². The Kier molecular flexibility index (Phi) is 6.20. The molecule has 1 amide bonds. The standard InChI is InChI=1S/C25H23N3O3S2/c1-28-24(30)22-19-8-5-9-20(19)33-23(22)27-25(28)32-15-21(29)26-17-10-12-18(13-11-17)31-14-16-6-3-2-4-7-16/h2-4,6-7,10-13H,5,8-9,14-15H2,1H3,(H,26,29). The molecule has 1 aliphatic rings. The van der Waals surface area contributed by atoms with Crippen LogP contribution in [-0.4, -0.2) is 21.2 Å². The summed E-state index contributed by atoms with van der Waals surface area (Å²) in [6, 6.07) is 17.3. The number of rotatable bonds is 7. The van der Waals surface area contributed by atoms with Gasteiger partial charge in [0.1, 0.15) is 17.2 Å². The Bertz CT molecular complexity index is 1360. The molecule has 0 fully saturated rings. The minimum absolute atomic E-state index is 0.0200. The zero-order valence-corrected chi connectivity index (χ0v) is 19.8. The van der Waals surface area contributed by atoms with Gasteiger partial charge in [-0.25, -0.2) is 4.98 Å². The lowest BCUT2D eigenvalue weighted by atomic mass is 10.2. The zero-order chi connectivity index (χ0) is 22.8. The van der Waals surface area contributed by atoms with Gasteiger partial charge in [-0.05, 0) is 54.7 Å². The first-order chi connectivity index (χ1) is 16.1. The maximum Gasteiger partial charge on any atom is 0.262 e. The number of nitrogens with zero attached hydrogens (tertiary/aromatic N) is 2. The third-order valence-electron chi connectivity index (χ3n) is 5.62. The first kappa shape index (κ1) is 21.7. The summed E-state index contributed by atoms with van der Waals surface area (Å²) >= 11 is 2.89. The van der Waals surface area contributed by atoms with Crippen LogP contribution < -0.4 is 15.6 Å². The van der Waals surface area contributed by atoms with Crippen molar-refractivity contribution in [3.05, 3.63) is 81.0 Å². The van der Waals surface area contributed by atoms with Gasteiger partial charge in [0.25, 0.3) is 5.56 Å². The molecule has 0 aliphatic heterocycles. The Hall–Kier alpha value is -3.10. The second-order valence-corrected chi connectivity index (χ2v) is 9.96. The van der Waals surface area contributed by atoms with Crippen molar-refractivity contribution in [1.82, 2.24) is 9.55 Å². The van der Waals surface area contributed by atoms with Gasteiger partial charge in [-0.1, -0.05) is 42.1 Å². The van der Waals surface area contributed by atoms with Crippen LogP contribution in [0.4, 0.5) is 5.69 Å². The Labute approximate surface area is 199 Å². The molecule has 2 aromatic carbocycles. The highest BCUT2D eigenvalue weighted by Crippen LogP contribution is 2.35. The predicted octanol–water partition coefficient (Wildman–Crippen LogP) is 4.79. The number of carbonyl (C=O) groups is 1. The van der Waals surface area contributed by atoms with Crippen LogP contribution in [0.2, 0.25) is 0 Å². The molecular formula is C25H23N3O3S2. The maximum absolute atomic E-state index is 12.9. The van der Waals surface area contributed by atoms with Crippen molar-refractivity contribution in [3.63, 3.8) is 0 Å². The van der Waals surface area contributed by atoms with Crippen molar-refractivity contribution in [2.24, 2.45) is 7.05 Å². The Morgan fingerprint density at radius 2 is 1.94 bits per heavy atom. The predicted molar refractivity (Wildman–Crippen MR) is 133 cm³/mol. The number of amides is 1. The van der Waals surface area contributed by atoms with Crippen LogP contribution in [0, 0.1) is 0 Å². The van der Waals surface area contributed by atoms with Gasteiger partial charge in [-0.15, -0.1) is 11.3 Å². The van der Waals surface area contributed by atoms with Gasteiger partial charge >= 0.3 is 0 Å². The van der Waals surface area contributed by atoms with E-state index in [0.29, 0.717) is 17.5 Å². The lowest BCUT2D eigenvalue weighted by molar-refractivity contribution is -0.113. The van der Waals surface area contributed by atoms with Crippen LogP contribution >= 0.6 is 23.1 Å². The average molecular weight is 478 g/mol. The fraction of sp³-hybridized carbons (Fsp3) is 0.240. The second kappa shape index (κ2) is 9.41. The molecular weight excluding hydrogens is 454 g/mol. The Morgan fingerprint density at radius 1 is 1.15 bits per heavy atom. The largest absolute Gasteiger partial charge is 0.489 e. The highest BCUT2D eigenvalue weighted by Gasteiger charge is 2.22. The molecule has 168 valence electrons. The van der Waals surface area contributed by atoms with Crippen molar-refractivity contribution in [3.8, 4) is 5.75 Å². The molecule has 0 unspecified atom stereocenters. The molecule has 0 saturated heterocycles. The second-order valence-electron chi connectivity index (χ2n) is 7.93. The highest BCUT2D eigenvalue weighted by atomic mass is 32.2. The van der Waals surface area contributed by atoms with Crippen molar-refractivity contribution < 1.29 is 9.53 Å². The molecule has 1 aliphatic carbocycles. The molecule has 8 heteroatoms. The number of hydrogen-bond acceptors (Lipinski definition) is 6. The van der Waals surface area contributed by atoms with E-state index in [4.69, 9.17) is 4.74 Å². The summed E-state index contributed by atoms with van der Waals surface area (Å²) in [6.07, 6.45) is 3.09. The van der Waals surface area contributed by atoms with E-state index in [0.717, 1.165) is 40.8 Å². The van der Waals surface area contributed by atoms with Gasteiger partial charge in [0, 0.05) is 17.6 Å². The van der Waals surface area contributed by atoms with Gasteiger partial charge in [-0.2, -0.15) is 0 Å². The smallest absolute Gasteiger partial charge is 0.262 e. The number of fused-ring (bicyclic) bond motifs is 3. The number of aromatic nitrogens is 2. The molecule has 0 saturated carbocycles. The van der Waals surface area contributed by atoms with Gasteiger partial charge in [0.15, 0.2) is 5.16 Å².